The molecule has 0 bridgehead atoms. The van der Waals surface area contributed by atoms with Gasteiger partial charge < -0.3 is 10.1 Å². The Hall–Kier alpha value is -0.120. The highest BCUT2D eigenvalue weighted by molar-refractivity contribution is 4.83. The second-order valence-electron chi connectivity index (χ2n) is 5.46. The van der Waals surface area contributed by atoms with Gasteiger partial charge in [-0.2, -0.15) is 0 Å². The zero-order valence-electron chi connectivity index (χ0n) is 11.3. The normalized spacial score (nSPS) is 32.3. The number of hydrogen-bond donors (Lipinski definition) is 1. The predicted octanol–water partition coefficient (Wildman–Crippen LogP) is 2.02. The van der Waals surface area contributed by atoms with Gasteiger partial charge in [0, 0.05) is 31.8 Å². The van der Waals surface area contributed by atoms with E-state index >= 15 is 0 Å². The van der Waals surface area contributed by atoms with E-state index in [1.54, 1.807) is 0 Å². The summed E-state index contributed by atoms with van der Waals surface area (Å²) in [5, 5.41) is 3.66. The Kier molecular flexibility index (Phi) is 5.75. The van der Waals surface area contributed by atoms with Crippen LogP contribution in [0.3, 0.4) is 0 Å². The monoisotopic (exact) mass is 240 g/mol. The van der Waals surface area contributed by atoms with Crippen LogP contribution in [0, 0.1) is 0 Å². The van der Waals surface area contributed by atoms with Gasteiger partial charge in [-0.3, -0.25) is 4.90 Å². The molecule has 1 saturated heterocycles. The van der Waals surface area contributed by atoms with Gasteiger partial charge in [0.25, 0.3) is 0 Å². The molecule has 2 aliphatic rings. The van der Waals surface area contributed by atoms with E-state index in [-0.39, 0.29) is 0 Å². The first kappa shape index (κ1) is 13.3. The molecule has 17 heavy (non-hydrogen) atoms. The fraction of sp³-hybridized carbons (Fsp3) is 1.00. The van der Waals surface area contributed by atoms with Gasteiger partial charge in [0.2, 0.25) is 0 Å². The lowest BCUT2D eigenvalue weighted by Gasteiger charge is -2.36. The van der Waals surface area contributed by atoms with Crippen molar-refractivity contribution in [3.8, 4) is 0 Å². The van der Waals surface area contributed by atoms with Crippen LogP contribution in [-0.2, 0) is 4.74 Å². The molecule has 2 rings (SSSR count). The summed E-state index contributed by atoms with van der Waals surface area (Å²) in [6.45, 7) is 7.73. The van der Waals surface area contributed by atoms with Crippen molar-refractivity contribution in [3.63, 3.8) is 0 Å². The van der Waals surface area contributed by atoms with Crippen LogP contribution in [0.2, 0.25) is 0 Å². The van der Waals surface area contributed by atoms with Gasteiger partial charge in [-0.05, 0) is 45.1 Å². The lowest BCUT2D eigenvalue weighted by Crippen LogP contribution is -2.43. The van der Waals surface area contributed by atoms with Crippen LogP contribution < -0.4 is 5.32 Å². The van der Waals surface area contributed by atoms with Crippen LogP contribution in [-0.4, -0.2) is 49.8 Å². The van der Waals surface area contributed by atoms with E-state index in [4.69, 9.17) is 4.74 Å². The highest BCUT2D eigenvalue weighted by Gasteiger charge is 2.25. The Morgan fingerprint density at radius 2 is 1.94 bits per heavy atom. The minimum absolute atomic E-state index is 0.787. The second-order valence-corrected chi connectivity index (χ2v) is 5.46. The predicted molar refractivity (Wildman–Crippen MR) is 71.3 cm³/mol. The van der Waals surface area contributed by atoms with E-state index in [2.05, 4.69) is 17.1 Å². The fourth-order valence-corrected chi connectivity index (χ4v) is 3.12. The molecule has 1 aliphatic heterocycles. The van der Waals surface area contributed by atoms with Gasteiger partial charge in [0.1, 0.15) is 0 Å². The van der Waals surface area contributed by atoms with Crippen molar-refractivity contribution in [3.05, 3.63) is 0 Å². The van der Waals surface area contributed by atoms with Gasteiger partial charge in [-0.1, -0.05) is 6.92 Å². The molecule has 0 aromatic heterocycles. The molecule has 0 amide bonds. The molecule has 0 atom stereocenters. The summed E-state index contributed by atoms with van der Waals surface area (Å²) < 4.78 is 5.54. The van der Waals surface area contributed by atoms with Gasteiger partial charge in [0.05, 0.1) is 6.61 Å². The lowest BCUT2D eigenvalue weighted by molar-refractivity contribution is 0.116. The summed E-state index contributed by atoms with van der Waals surface area (Å²) in [5.74, 6) is 0. The van der Waals surface area contributed by atoms with Crippen molar-refractivity contribution in [2.24, 2.45) is 0 Å². The van der Waals surface area contributed by atoms with E-state index in [1.807, 2.05) is 0 Å². The third-order valence-corrected chi connectivity index (χ3v) is 4.15. The Labute approximate surface area is 106 Å². The molecule has 0 aromatic rings. The number of rotatable bonds is 4. The van der Waals surface area contributed by atoms with Crippen LogP contribution >= 0.6 is 0 Å². The molecule has 0 spiro atoms. The summed E-state index contributed by atoms with van der Waals surface area (Å²) in [6, 6.07) is 1.62. The summed E-state index contributed by atoms with van der Waals surface area (Å²) in [6.07, 6.45) is 7.95. The van der Waals surface area contributed by atoms with Crippen LogP contribution in [0.1, 0.15) is 45.4 Å². The van der Waals surface area contributed by atoms with Gasteiger partial charge in [-0.15, -0.1) is 0 Å². The van der Waals surface area contributed by atoms with Crippen molar-refractivity contribution in [2.45, 2.75) is 57.5 Å². The fourth-order valence-electron chi connectivity index (χ4n) is 3.12. The van der Waals surface area contributed by atoms with Crippen LogP contribution in [0.15, 0.2) is 0 Å². The number of hydrogen-bond acceptors (Lipinski definition) is 3. The minimum atomic E-state index is 0.787. The number of nitrogens with zero attached hydrogens (tertiary/aromatic N) is 1. The highest BCUT2D eigenvalue weighted by Crippen LogP contribution is 2.23. The molecule has 3 heteroatoms. The first-order valence-corrected chi connectivity index (χ1v) is 7.45. The third-order valence-electron chi connectivity index (χ3n) is 4.15. The maximum absolute atomic E-state index is 5.54. The molecule has 1 aliphatic carbocycles. The van der Waals surface area contributed by atoms with Crippen molar-refractivity contribution < 1.29 is 4.74 Å². The topological polar surface area (TPSA) is 24.5 Å². The molecule has 100 valence electrons. The van der Waals surface area contributed by atoms with Crippen LogP contribution in [0.5, 0.6) is 0 Å². The summed E-state index contributed by atoms with van der Waals surface area (Å²) in [4.78, 5) is 2.67. The quantitative estimate of drug-likeness (QED) is 0.813. The Bertz CT molecular complexity index is 194. The molecule has 0 aromatic carbocycles. The van der Waals surface area contributed by atoms with Gasteiger partial charge in [0.15, 0.2) is 0 Å². The number of nitrogens with one attached hydrogen (secondary N) is 1. The lowest BCUT2D eigenvalue weighted by atomic mass is 9.90. The van der Waals surface area contributed by atoms with Gasteiger partial charge in [-0.25, -0.2) is 0 Å². The zero-order valence-corrected chi connectivity index (χ0v) is 11.3. The summed E-state index contributed by atoms with van der Waals surface area (Å²) in [7, 11) is 0. The van der Waals surface area contributed by atoms with Crippen molar-refractivity contribution in [1.29, 1.82) is 0 Å². The molecular weight excluding hydrogens is 212 g/mol. The average Bonchev–Trinajstić information content (AvgIpc) is 2.66. The Morgan fingerprint density at radius 1 is 1.12 bits per heavy atom. The first-order chi connectivity index (χ1) is 8.40. The molecule has 0 unspecified atom stereocenters. The van der Waals surface area contributed by atoms with Crippen LogP contribution in [0.4, 0.5) is 0 Å². The Balaban J connectivity index is 1.70. The maximum atomic E-state index is 5.54. The first-order valence-electron chi connectivity index (χ1n) is 7.45. The van der Waals surface area contributed by atoms with Crippen molar-refractivity contribution in [1.82, 2.24) is 10.2 Å². The molecule has 1 N–H and O–H groups in total. The Morgan fingerprint density at radius 3 is 2.71 bits per heavy atom. The van der Waals surface area contributed by atoms with Crippen LogP contribution in [0.25, 0.3) is 0 Å². The van der Waals surface area contributed by atoms with E-state index < -0.39 is 0 Å². The van der Waals surface area contributed by atoms with E-state index in [0.717, 1.165) is 31.8 Å². The third kappa shape index (κ3) is 4.23. The maximum Gasteiger partial charge on any atom is 0.0593 e. The van der Waals surface area contributed by atoms with Crippen molar-refractivity contribution in [2.75, 3.05) is 32.8 Å². The van der Waals surface area contributed by atoms with E-state index in [9.17, 15) is 0 Å². The standard InChI is InChI=1S/C14H28N2O/c1-2-8-15-13-4-6-14(7-5-13)16-9-3-11-17-12-10-16/h13-15H,2-12H2,1H3. The largest absolute Gasteiger partial charge is 0.380 e. The molecule has 0 radical (unpaired) electrons. The summed E-state index contributed by atoms with van der Waals surface area (Å²) >= 11 is 0. The summed E-state index contributed by atoms with van der Waals surface area (Å²) in [5.41, 5.74) is 0. The smallest absolute Gasteiger partial charge is 0.0593 e. The highest BCUT2D eigenvalue weighted by atomic mass is 16.5. The molecular formula is C14H28N2O. The molecule has 3 nitrogen and oxygen atoms in total. The van der Waals surface area contributed by atoms with Gasteiger partial charge >= 0.3 is 0 Å². The average molecular weight is 240 g/mol. The van der Waals surface area contributed by atoms with E-state index in [1.165, 1.54) is 51.6 Å². The number of ether oxygens (including phenoxy) is 1. The minimum Gasteiger partial charge on any atom is -0.380 e. The zero-order chi connectivity index (χ0) is 11.9. The van der Waals surface area contributed by atoms with Crippen molar-refractivity contribution >= 4 is 0 Å². The SMILES string of the molecule is CCCNC1CCC(N2CCCOCC2)CC1. The van der Waals surface area contributed by atoms with E-state index in [0.29, 0.717) is 0 Å². The second kappa shape index (κ2) is 7.34. The molecule has 1 heterocycles. The molecule has 1 saturated carbocycles. The molecule has 2 fully saturated rings.